The molecule has 0 radical (unpaired) electrons. The second-order valence-corrected chi connectivity index (χ2v) is 20.5. The summed E-state index contributed by atoms with van der Waals surface area (Å²) in [6.45, 7) is 0. The summed E-state index contributed by atoms with van der Waals surface area (Å²) >= 11 is 5.47. The molecule has 9 aromatic carbocycles. The van der Waals surface area contributed by atoms with E-state index in [-0.39, 0.29) is 0 Å². The van der Waals surface area contributed by atoms with Crippen molar-refractivity contribution in [2.75, 3.05) is 9.80 Å². The molecule has 0 fully saturated rings. The summed E-state index contributed by atoms with van der Waals surface area (Å²) in [6.07, 6.45) is 0. The number of thiophene rings is 3. The van der Waals surface area contributed by atoms with Gasteiger partial charge in [-0.15, -0.1) is 34.0 Å². The van der Waals surface area contributed by atoms with Crippen LogP contribution in [0.3, 0.4) is 0 Å². The van der Waals surface area contributed by atoms with Crippen LogP contribution in [0.5, 0.6) is 0 Å². The van der Waals surface area contributed by atoms with Gasteiger partial charge in [0, 0.05) is 48.5 Å². The first kappa shape index (κ1) is 39.4. The largest absolute Gasteiger partial charge is 0.302 e. The number of hydrogen-bond donors (Lipinski definition) is 0. The molecule has 2 nitrogen and oxygen atoms in total. The van der Waals surface area contributed by atoms with Crippen LogP contribution in [0.25, 0.3) is 64.7 Å². The van der Waals surface area contributed by atoms with Crippen LogP contribution in [-0.2, 0) is 5.41 Å². The van der Waals surface area contributed by atoms with Crippen molar-refractivity contribution in [1.82, 2.24) is 0 Å². The quantitative estimate of drug-likeness (QED) is 0.150. The second kappa shape index (κ2) is 15.6. The van der Waals surface area contributed by atoms with Crippen molar-refractivity contribution in [1.29, 1.82) is 0 Å². The summed E-state index contributed by atoms with van der Waals surface area (Å²) in [4.78, 5) is 4.88. The number of fused-ring (bicyclic) bond motifs is 14. The molecule has 0 N–H and O–H groups in total. The average molecular weight is 921 g/mol. The lowest BCUT2D eigenvalue weighted by atomic mass is 9.70. The van der Waals surface area contributed by atoms with Crippen LogP contribution in [0.4, 0.5) is 32.8 Å². The lowest BCUT2D eigenvalue weighted by Crippen LogP contribution is -2.26. The maximum absolute atomic E-state index is 2.51. The highest BCUT2D eigenvalue weighted by atomic mass is 32.1. The summed E-state index contributed by atoms with van der Waals surface area (Å²) in [7, 11) is 0. The van der Waals surface area contributed by atoms with E-state index in [9.17, 15) is 0 Å². The molecule has 0 bridgehead atoms. The van der Waals surface area contributed by atoms with Gasteiger partial charge in [0.15, 0.2) is 0 Å². The number of hydrogen-bond acceptors (Lipinski definition) is 5. The van der Waals surface area contributed by atoms with Crippen LogP contribution < -0.4 is 9.80 Å². The molecule has 12 aromatic rings. The van der Waals surface area contributed by atoms with Crippen LogP contribution in [0, 0.1) is 0 Å². The average Bonchev–Trinajstić information content (AvgIpc) is 4.27. The van der Waals surface area contributed by atoms with E-state index in [1.165, 1.54) is 96.9 Å². The van der Waals surface area contributed by atoms with Crippen molar-refractivity contribution in [2.45, 2.75) is 5.41 Å². The third kappa shape index (κ3) is 5.93. The van der Waals surface area contributed by atoms with Gasteiger partial charge >= 0.3 is 0 Å². The number of benzene rings is 9. The van der Waals surface area contributed by atoms with Gasteiger partial charge in [-0.1, -0.05) is 152 Å². The third-order valence-electron chi connectivity index (χ3n) is 14.1. The molecule has 0 amide bonds. The lowest BCUT2D eigenvalue weighted by Gasteiger charge is -2.33. The van der Waals surface area contributed by atoms with Gasteiger partial charge in [-0.2, -0.15) is 0 Å². The van der Waals surface area contributed by atoms with Gasteiger partial charge in [-0.3, -0.25) is 0 Å². The number of rotatable bonds is 8. The Morgan fingerprint density at radius 2 is 0.824 bits per heavy atom. The lowest BCUT2D eigenvalue weighted by molar-refractivity contribution is 0.794. The summed E-state index contributed by atoms with van der Waals surface area (Å²) in [6, 6.07) is 85.8. The molecule has 2 aliphatic rings. The fourth-order valence-corrected chi connectivity index (χ4v) is 14.0. The van der Waals surface area contributed by atoms with Crippen LogP contribution in [0.1, 0.15) is 22.3 Å². The Labute approximate surface area is 407 Å². The van der Waals surface area contributed by atoms with Crippen LogP contribution >= 0.6 is 34.0 Å². The monoisotopic (exact) mass is 920 g/mol. The third-order valence-corrected chi connectivity index (χ3v) is 17.0. The van der Waals surface area contributed by atoms with Crippen molar-refractivity contribution < 1.29 is 0 Å². The predicted octanol–water partition coefficient (Wildman–Crippen LogP) is 18.8. The maximum Gasteiger partial charge on any atom is 0.0999 e. The molecule has 0 atom stereocenters. The minimum Gasteiger partial charge on any atom is -0.302 e. The fourth-order valence-electron chi connectivity index (χ4n) is 11.2. The molecule has 0 aliphatic heterocycles. The van der Waals surface area contributed by atoms with Crippen molar-refractivity contribution in [2.24, 2.45) is 0 Å². The molecule has 3 heterocycles. The molecular formula is C63H40N2S3. The molecule has 1 spiro atoms. The van der Waals surface area contributed by atoms with Crippen molar-refractivity contribution >= 4 is 86.9 Å². The second-order valence-electron chi connectivity index (χ2n) is 17.6. The zero-order chi connectivity index (χ0) is 44.8. The Kier molecular flexibility index (Phi) is 9.06. The van der Waals surface area contributed by atoms with E-state index < -0.39 is 5.41 Å². The minimum atomic E-state index is -0.594. The smallest absolute Gasteiger partial charge is 0.0999 e. The molecule has 3 aromatic heterocycles. The topological polar surface area (TPSA) is 6.48 Å². The number of anilines is 6. The SMILES string of the molecule is c1ccc(-c2ccc(N(c3ccc4c(c3)C3(c5cc(N(c6ccc(-c7ccccc7)cc6)c6cccs6)ccc5-4)c4ccccc4-c4c3ccc3c4sc4ccccc43)c3cccs3)cc2)cc1. The summed E-state index contributed by atoms with van der Waals surface area (Å²) < 4.78 is 2.67. The van der Waals surface area contributed by atoms with E-state index in [1.807, 2.05) is 11.3 Å². The first-order chi connectivity index (χ1) is 33.7. The molecule has 14 rings (SSSR count). The Morgan fingerprint density at radius 3 is 1.38 bits per heavy atom. The van der Waals surface area contributed by atoms with Crippen LogP contribution in [0.15, 0.2) is 241 Å². The Hall–Kier alpha value is -7.80. The molecule has 0 saturated heterocycles. The normalized spacial score (nSPS) is 12.8. The molecule has 0 unspecified atom stereocenters. The maximum atomic E-state index is 2.51. The Morgan fingerprint density at radius 1 is 0.324 bits per heavy atom. The van der Waals surface area contributed by atoms with E-state index in [0.29, 0.717) is 0 Å². The van der Waals surface area contributed by atoms with E-state index in [2.05, 4.69) is 251 Å². The summed E-state index contributed by atoms with van der Waals surface area (Å²) in [5.41, 5.74) is 19.3. The highest BCUT2D eigenvalue weighted by Gasteiger charge is 2.53. The number of nitrogens with zero attached hydrogens (tertiary/aromatic N) is 2. The van der Waals surface area contributed by atoms with Gasteiger partial charge in [0.05, 0.1) is 15.4 Å². The van der Waals surface area contributed by atoms with E-state index in [1.54, 1.807) is 22.7 Å². The highest BCUT2D eigenvalue weighted by molar-refractivity contribution is 7.26. The first-order valence-electron chi connectivity index (χ1n) is 23.0. The van der Waals surface area contributed by atoms with Crippen molar-refractivity contribution in [3.63, 3.8) is 0 Å². The Balaban J connectivity index is 1.01. The molecular weight excluding hydrogens is 881 g/mol. The Bertz CT molecular complexity index is 3660. The van der Waals surface area contributed by atoms with Gasteiger partial charge in [-0.25, -0.2) is 0 Å². The molecule has 2 aliphatic carbocycles. The highest BCUT2D eigenvalue weighted by Crippen LogP contribution is 2.66. The van der Waals surface area contributed by atoms with Gasteiger partial charge in [0.25, 0.3) is 0 Å². The zero-order valence-corrected chi connectivity index (χ0v) is 39.2. The van der Waals surface area contributed by atoms with Gasteiger partial charge in [0.2, 0.25) is 0 Å². The van der Waals surface area contributed by atoms with Crippen LogP contribution in [0.2, 0.25) is 0 Å². The molecule has 320 valence electrons. The van der Waals surface area contributed by atoms with Crippen molar-refractivity contribution in [3.05, 3.63) is 264 Å². The standard InChI is InChI=1S/C63H40N2S3/c1-3-13-41(14-4-1)43-23-27-45(28-24-43)64(59-21-11-37-66-59)47-31-33-49-50-34-32-48(65(60-22-12-38-67-60)46-29-25-44(26-30-46)42-15-5-2-6-16-42)40-57(50)63(56(49)39-47)54-19-9-7-18-53(54)61-55(63)36-35-52-51-17-8-10-20-58(51)68-62(52)61/h1-40H. The van der Waals surface area contributed by atoms with Gasteiger partial charge in [0.1, 0.15) is 0 Å². The molecule has 5 heteroatoms. The molecule has 68 heavy (non-hydrogen) atoms. The van der Waals surface area contributed by atoms with E-state index >= 15 is 0 Å². The zero-order valence-electron chi connectivity index (χ0n) is 36.7. The van der Waals surface area contributed by atoms with Crippen molar-refractivity contribution in [3.8, 4) is 44.5 Å². The van der Waals surface area contributed by atoms with Gasteiger partial charge < -0.3 is 9.80 Å². The summed E-state index contributed by atoms with van der Waals surface area (Å²) in [5.74, 6) is 0. The van der Waals surface area contributed by atoms with E-state index in [4.69, 9.17) is 0 Å². The first-order valence-corrected chi connectivity index (χ1v) is 25.6. The minimum absolute atomic E-state index is 0.594. The van der Waals surface area contributed by atoms with Crippen LogP contribution in [-0.4, -0.2) is 0 Å². The molecule has 0 saturated carbocycles. The summed E-state index contributed by atoms with van der Waals surface area (Å²) in [5, 5.41) is 9.35. The van der Waals surface area contributed by atoms with E-state index in [0.717, 1.165) is 22.7 Å². The predicted molar refractivity (Wildman–Crippen MR) is 292 cm³/mol. The van der Waals surface area contributed by atoms with Gasteiger partial charge in [-0.05, 0) is 151 Å². The fraction of sp³-hybridized carbons (Fsp3) is 0.0159.